The summed E-state index contributed by atoms with van der Waals surface area (Å²) in [6.07, 6.45) is 0.760. The predicted octanol–water partition coefficient (Wildman–Crippen LogP) is 1.12. The van der Waals surface area contributed by atoms with E-state index in [4.69, 9.17) is 0 Å². The fourth-order valence-corrected chi connectivity index (χ4v) is 1.42. The molecule has 1 rings (SSSR count). The number of amides is 1. The van der Waals surface area contributed by atoms with E-state index in [9.17, 15) is 14.0 Å². The summed E-state index contributed by atoms with van der Waals surface area (Å²) in [6.45, 7) is 2.91. The Kier molecular flexibility index (Phi) is 6.00. The number of carbonyl (C=O) groups excluding carboxylic acids is 2. The van der Waals surface area contributed by atoms with Gasteiger partial charge in [-0.15, -0.1) is 0 Å². The zero-order valence-electron chi connectivity index (χ0n) is 10.3. The summed E-state index contributed by atoms with van der Waals surface area (Å²) in [6, 6.07) is 5.47. The first kappa shape index (κ1) is 14.3. The number of halogens is 1. The highest BCUT2D eigenvalue weighted by Gasteiger charge is 2.04. The van der Waals surface area contributed by atoms with Gasteiger partial charge in [-0.1, -0.05) is 0 Å². The molecule has 0 heterocycles. The number of rotatable bonds is 7. The van der Waals surface area contributed by atoms with Gasteiger partial charge in [-0.2, -0.15) is 0 Å². The topological polar surface area (TPSA) is 58.2 Å². The van der Waals surface area contributed by atoms with Crippen molar-refractivity contribution in [1.82, 2.24) is 10.6 Å². The number of hydrogen-bond donors (Lipinski definition) is 2. The van der Waals surface area contributed by atoms with Crippen LogP contribution in [0.2, 0.25) is 0 Å². The van der Waals surface area contributed by atoms with Gasteiger partial charge in [-0.3, -0.25) is 9.59 Å². The molecular weight excluding hydrogens is 235 g/mol. The molecule has 18 heavy (non-hydrogen) atoms. The Morgan fingerprint density at radius 1 is 1.17 bits per heavy atom. The van der Waals surface area contributed by atoms with Gasteiger partial charge in [0.15, 0.2) is 5.78 Å². The number of ketones is 1. The van der Waals surface area contributed by atoms with Gasteiger partial charge in [-0.05, 0) is 37.2 Å². The number of Topliss-reactive ketones (excluding diaryl/α,β-unsaturated/α-hetero) is 1. The van der Waals surface area contributed by atoms with Crippen molar-refractivity contribution in [3.8, 4) is 0 Å². The lowest BCUT2D eigenvalue weighted by atomic mass is 10.1. The Morgan fingerprint density at radius 3 is 2.44 bits per heavy atom. The first-order chi connectivity index (χ1) is 8.59. The van der Waals surface area contributed by atoms with Gasteiger partial charge >= 0.3 is 0 Å². The molecule has 1 amide bonds. The normalized spacial score (nSPS) is 10.1. The molecule has 4 nitrogen and oxygen atoms in total. The van der Waals surface area contributed by atoms with E-state index in [1.54, 1.807) is 0 Å². The fraction of sp³-hybridized carbons (Fsp3) is 0.385. The van der Waals surface area contributed by atoms with Gasteiger partial charge in [0.1, 0.15) is 5.82 Å². The van der Waals surface area contributed by atoms with Gasteiger partial charge in [0.05, 0.1) is 6.54 Å². The summed E-state index contributed by atoms with van der Waals surface area (Å²) >= 11 is 0. The molecule has 2 N–H and O–H groups in total. The molecule has 0 saturated carbocycles. The van der Waals surface area contributed by atoms with Gasteiger partial charge in [0, 0.05) is 19.0 Å². The van der Waals surface area contributed by atoms with Crippen LogP contribution < -0.4 is 10.6 Å². The molecule has 0 aliphatic carbocycles. The van der Waals surface area contributed by atoms with E-state index in [0.29, 0.717) is 18.7 Å². The maximum atomic E-state index is 12.6. The summed E-state index contributed by atoms with van der Waals surface area (Å²) in [5.41, 5.74) is 0.491. The van der Waals surface area contributed by atoms with Crippen molar-refractivity contribution in [1.29, 1.82) is 0 Å². The standard InChI is InChI=1S/C13H17FN2O2/c1-10(17)16-8-2-7-15-9-13(18)11-3-5-12(14)6-4-11/h3-6,15H,2,7-9H2,1H3,(H,16,17). The van der Waals surface area contributed by atoms with E-state index in [1.807, 2.05) is 0 Å². The van der Waals surface area contributed by atoms with Crippen molar-refractivity contribution < 1.29 is 14.0 Å². The predicted molar refractivity (Wildman–Crippen MR) is 66.9 cm³/mol. The molecule has 1 aromatic rings. The van der Waals surface area contributed by atoms with Crippen molar-refractivity contribution in [3.05, 3.63) is 35.6 Å². The molecule has 0 spiro atoms. The summed E-state index contributed by atoms with van der Waals surface area (Å²) in [7, 11) is 0. The van der Waals surface area contributed by atoms with Crippen molar-refractivity contribution in [2.75, 3.05) is 19.6 Å². The average Bonchev–Trinajstić information content (AvgIpc) is 2.34. The van der Waals surface area contributed by atoms with Gasteiger partial charge in [0.25, 0.3) is 0 Å². The molecule has 5 heteroatoms. The maximum Gasteiger partial charge on any atom is 0.216 e. The summed E-state index contributed by atoms with van der Waals surface area (Å²) in [5, 5.41) is 5.64. The van der Waals surface area contributed by atoms with Crippen molar-refractivity contribution >= 4 is 11.7 Å². The van der Waals surface area contributed by atoms with E-state index in [0.717, 1.165) is 6.42 Å². The average molecular weight is 252 g/mol. The van der Waals surface area contributed by atoms with Crippen LogP contribution >= 0.6 is 0 Å². The maximum absolute atomic E-state index is 12.6. The van der Waals surface area contributed by atoms with Crippen LogP contribution in [0.3, 0.4) is 0 Å². The van der Waals surface area contributed by atoms with Crippen LogP contribution in [0, 0.1) is 5.82 Å². The minimum atomic E-state index is -0.352. The van der Waals surface area contributed by atoms with Crippen LogP contribution in [0.1, 0.15) is 23.7 Å². The number of hydrogen-bond acceptors (Lipinski definition) is 3. The smallest absolute Gasteiger partial charge is 0.216 e. The molecule has 0 unspecified atom stereocenters. The molecule has 0 fully saturated rings. The minimum absolute atomic E-state index is 0.0580. The Balaban J connectivity index is 2.17. The van der Waals surface area contributed by atoms with E-state index in [-0.39, 0.29) is 24.1 Å². The minimum Gasteiger partial charge on any atom is -0.356 e. The molecule has 0 saturated heterocycles. The van der Waals surface area contributed by atoms with E-state index in [1.165, 1.54) is 31.2 Å². The van der Waals surface area contributed by atoms with E-state index >= 15 is 0 Å². The third kappa shape index (κ3) is 5.54. The summed E-state index contributed by atoms with van der Waals surface area (Å²) in [4.78, 5) is 22.2. The lowest BCUT2D eigenvalue weighted by molar-refractivity contribution is -0.118. The zero-order valence-corrected chi connectivity index (χ0v) is 10.3. The zero-order chi connectivity index (χ0) is 13.4. The highest BCUT2D eigenvalue weighted by Crippen LogP contribution is 2.02. The van der Waals surface area contributed by atoms with Crippen LogP contribution in [0.5, 0.6) is 0 Å². The van der Waals surface area contributed by atoms with Gasteiger partial charge in [-0.25, -0.2) is 4.39 Å². The SMILES string of the molecule is CC(=O)NCCCNCC(=O)c1ccc(F)cc1. The highest BCUT2D eigenvalue weighted by molar-refractivity contribution is 5.97. The Hall–Kier alpha value is -1.75. The Morgan fingerprint density at radius 2 is 1.83 bits per heavy atom. The van der Waals surface area contributed by atoms with Gasteiger partial charge < -0.3 is 10.6 Å². The van der Waals surface area contributed by atoms with Crippen LogP contribution in [0.4, 0.5) is 4.39 Å². The molecule has 0 bridgehead atoms. The third-order valence-corrected chi connectivity index (χ3v) is 2.36. The molecule has 0 aromatic heterocycles. The van der Waals surface area contributed by atoms with E-state index < -0.39 is 0 Å². The molecule has 0 aliphatic heterocycles. The van der Waals surface area contributed by atoms with Crippen LogP contribution in [0.25, 0.3) is 0 Å². The molecule has 0 radical (unpaired) electrons. The molecule has 1 aromatic carbocycles. The van der Waals surface area contributed by atoms with Crippen LogP contribution in [0.15, 0.2) is 24.3 Å². The Labute approximate surface area is 106 Å². The van der Waals surface area contributed by atoms with E-state index in [2.05, 4.69) is 10.6 Å². The van der Waals surface area contributed by atoms with Crippen LogP contribution in [-0.4, -0.2) is 31.3 Å². The second-order valence-corrected chi connectivity index (χ2v) is 3.94. The first-order valence-corrected chi connectivity index (χ1v) is 5.83. The number of nitrogens with one attached hydrogen (secondary N) is 2. The molecule has 0 atom stereocenters. The Bertz CT molecular complexity index is 404. The fourth-order valence-electron chi connectivity index (χ4n) is 1.42. The summed E-state index contributed by atoms with van der Waals surface area (Å²) < 4.78 is 12.6. The van der Waals surface area contributed by atoms with Gasteiger partial charge in [0.2, 0.25) is 5.91 Å². The number of carbonyl (C=O) groups is 2. The second-order valence-electron chi connectivity index (χ2n) is 3.94. The quantitative estimate of drug-likeness (QED) is 0.565. The first-order valence-electron chi connectivity index (χ1n) is 5.83. The van der Waals surface area contributed by atoms with Crippen molar-refractivity contribution in [2.24, 2.45) is 0 Å². The highest BCUT2D eigenvalue weighted by atomic mass is 19.1. The van der Waals surface area contributed by atoms with Crippen molar-refractivity contribution in [3.63, 3.8) is 0 Å². The number of benzene rings is 1. The third-order valence-electron chi connectivity index (χ3n) is 2.36. The molecule has 98 valence electrons. The molecule has 0 aliphatic rings. The summed E-state index contributed by atoms with van der Waals surface area (Å²) in [5.74, 6) is -0.485. The largest absolute Gasteiger partial charge is 0.356 e. The lowest BCUT2D eigenvalue weighted by Crippen LogP contribution is -2.28. The molecular formula is C13H17FN2O2. The van der Waals surface area contributed by atoms with Crippen molar-refractivity contribution in [2.45, 2.75) is 13.3 Å². The monoisotopic (exact) mass is 252 g/mol. The second kappa shape index (κ2) is 7.55. The van der Waals surface area contributed by atoms with Crippen LogP contribution in [-0.2, 0) is 4.79 Å². The lowest BCUT2D eigenvalue weighted by Gasteiger charge is -2.05.